The third-order valence-electron chi connectivity index (χ3n) is 2.51. The van der Waals surface area contributed by atoms with Crippen LogP contribution < -0.4 is 0 Å². The molecule has 0 aromatic carbocycles. The zero-order valence-corrected chi connectivity index (χ0v) is 8.92. The number of carboxylic acids is 2. The lowest BCUT2D eigenvalue weighted by molar-refractivity contribution is -0.159. The zero-order chi connectivity index (χ0) is 12.0. The summed E-state index contributed by atoms with van der Waals surface area (Å²) in [6.45, 7) is 1.15. The maximum absolute atomic E-state index is 11.0. The fourth-order valence-corrected chi connectivity index (χ4v) is 1.68. The number of ether oxygens (including phenoxy) is 2. The highest BCUT2D eigenvalue weighted by Gasteiger charge is 2.30. The second-order valence-electron chi connectivity index (χ2n) is 3.71. The minimum Gasteiger partial charge on any atom is -0.481 e. The molecule has 2 atom stereocenters. The molecule has 16 heavy (non-hydrogen) atoms. The fraction of sp³-hybridized carbons (Fsp3) is 0.800. The van der Waals surface area contributed by atoms with Gasteiger partial charge in [-0.3, -0.25) is 9.59 Å². The van der Waals surface area contributed by atoms with Crippen LogP contribution in [0.15, 0.2) is 0 Å². The molecule has 2 N–H and O–H groups in total. The Morgan fingerprint density at radius 3 is 2.56 bits per heavy atom. The van der Waals surface area contributed by atoms with Gasteiger partial charge in [0.2, 0.25) is 0 Å². The van der Waals surface area contributed by atoms with E-state index in [1.54, 1.807) is 0 Å². The molecule has 0 aromatic rings. The molecule has 0 amide bonds. The van der Waals surface area contributed by atoms with E-state index in [0.29, 0.717) is 26.1 Å². The molecule has 0 saturated carbocycles. The first-order valence-electron chi connectivity index (χ1n) is 5.25. The van der Waals surface area contributed by atoms with E-state index in [1.165, 1.54) is 0 Å². The van der Waals surface area contributed by atoms with E-state index in [9.17, 15) is 9.59 Å². The molecule has 1 fully saturated rings. The number of carbonyl (C=O) groups is 2. The molecule has 0 radical (unpaired) electrons. The summed E-state index contributed by atoms with van der Waals surface area (Å²) in [5.74, 6) is -2.55. The Morgan fingerprint density at radius 1 is 1.31 bits per heavy atom. The first-order chi connectivity index (χ1) is 7.61. The molecule has 6 heteroatoms. The maximum atomic E-state index is 11.0. The third-order valence-corrected chi connectivity index (χ3v) is 2.51. The van der Waals surface area contributed by atoms with Gasteiger partial charge < -0.3 is 19.7 Å². The van der Waals surface area contributed by atoms with Crippen molar-refractivity contribution in [1.29, 1.82) is 0 Å². The van der Waals surface area contributed by atoms with Crippen LogP contribution in [0.5, 0.6) is 0 Å². The third kappa shape index (κ3) is 4.16. The van der Waals surface area contributed by atoms with Crippen LogP contribution in [-0.4, -0.2) is 48.1 Å². The Bertz CT molecular complexity index is 246. The van der Waals surface area contributed by atoms with Gasteiger partial charge in [-0.05, 0) is 12.8 Å². The van der Waals surface area contributed by atoms with Gasteiger partial charge in [0.25, 0.3) is 0 Å². The van der Waals surface area contributed by atoms with E-state index in [0.717, 1.165) is 0 Å². The van der Waals surface area contributed by atoms with Crippen LogP contribution in [-0.2, 0) is 19.1 Å². The van der Waals surface area contributed by atoms with Crippen molar-refractivity contribution >= 4 is 11.9 Å². The maximum Gasteiger partial charge on any atom is 0.309 e. The predicted molar refractivity (Wildman–Crippen MR) is 53.2 cm³/mol. The second-order valence-corrected chi connectivity index (χ2v) is 3.71. The Labute approximate surface area is 93.2 Å². The minimum atomic E-state index is -0.958. The smallest absolute Gasteiger partial charge is 0.309 e. The van der Waals surface area contributed by atoms with Crippen molar-refractivity contribution < 1.29 is 29.3 Å². The van der Waals surface area contributed by atoms with Gasteiger partial charge in [0, 0.05) is 6.42 Å². The summed E-state index contributed by atoms with van der Waals surface area (Å²) < 4.78 is 10.4. The molecule has 0 spiro atoms. The van der Waals surface area contributed by atoms with Crippen LogP contribution in [0.3, 0.4) is 0 Å². The molecule has 6 nitrogen and oxygen atoms in total. The summed E-state index contributed by atoms with van der Waals surface area (Å²) in [5.41, 5.74) is 0. The first-order valence-corrected chi connectivity index (χ1v) is 5.25. The van der Waals surface area contributed by atoms with Crippen molar-refractivity contribution in [3.63, 3.8) is 0 Å². The van der Waals surface area contributed by atoms with Gasteiger partial charge in [0.05, 0.1) is 31.8 Å². The quantitative estimate of drug-likeness (QED) is 0.686. The first kappa shape index (κ1) is 12.9. The van der Waals surface area contributed by atoms with Gasteiger partial charge in [-0.1, -0.05) is 0 Å². The van der Waals surface area contributed by atoms with Crippen molar-refractivity contribution in [1.82, 2.24) is 0 Å². The molecule has 1 rings (SSSR count). The van der Waals surface area contributed by atoms with E-state index in [-0.39, 0.29) is 13.0 Å². The number of hydrogen-bond donors (Lipinski definition) is 2. The topological polar surface area (TPSA) is 93.1 Å². The van der Waals surface area contributed by atoms with E-state index in [2.05, 4.69) is 0 Å². The summed E-state index contributed by atoms with van der Waals surface area (Å²) in [7, 11) is 0. The largest absolute Gasteiger partial charge is 0.481 e. The molecule has 0 aliphatic carbocycles. The lowest BCUT2D eigenvalue weighted by Crippen LogP contribution is -2.38. The number of aliphatic carboxylic acids is 2. The minimum absolute atomic E-state index is 0.0165. The Morgan fingerprint density at radius 2 is 2.06 bits per heavy atom. The molecule has 2 unspecified atom stereocenters. The summed E-state index contributed by atoms with van der Waals surface area (Å²) in [4.78, 5) is 21.3. The van der Waals surface area contributed by atoms with Crippen molar-refractivity contribution in [2.45, 2.75) is 25.4 Å². The fourth-order valence-electron chi connectivity index (χ4n) is 1.68. The van der Waals surface area contributed by atoms with Crippen LogP contribution in [0, 0.1) is 5.92 Å². The monoisotopic (exact) mass is 232 g/mol. The molecule has 0 aromatic heterocycles. The standard InChI is InChI=1S/C10H16O6/c11-9(12)3-1-2-7(10(13)14)8-6-15-4-5-16-8/h7-8H,1-6H2,(H,11,12)(H,13,14). The van der Waals surface area contributed by atoms with Gasteiger partial charge in [-0.15, -0.1) is 0 Å². The van der Waals surface area contributed by atoms with Gasteiger partial charge in [-0.2, -0.15) is 0 Å². The van der Waals surface area contributed by atoms with Crippen LogP contribution in [0.2, 0.25) is 0 Å². The van der Waals surface area contributed by atoms with Gasteiger partial charge in [0.15, 0.2) is 0 Å². The highest BCUT2D eigenvalue weighted by molar-refractivity contribution is 5.71. The Balaban J connectivity index is 2.40. The van der Waals surface area contributed by atoms with Crippen LogP contribution >= 0.6 is 0 Å². The molecule has 1 aliphatic heterocycles. The van der Waals surface area contributed by atoms with E-state index >= 15 is 0 Å². The molecular formula is C10H16O6. The summed E-state index contributed by atoms with van der Waals surface area (Å²) in [6, 6.07) is 0. The van der Waals surface area contributed by atoms with Crippen molar-refractivity contribution in [3.8, 4) is 0 Å². The number of hydrogen-bond acceptors (Lipinski definition) is 4. The Kier molecular flexibility index (Phi) is 5.21. The molecule has 0 bridgehead atoms. The SMILES string of the molecule is O=C(O)CCCC(C(=O)O)C1COCCO1. The lowest BCUT2D eigenvalue weighted by atomic mass is 9.96. The van der Waals surface area contributed by atoms with Crippen LogP contribution in [0.1, 0.15) is 19.3 Å². The summed E-state index contributed by atoms with van der Waals surface area (Å²) >= 11 is 0. The van der Waals surface area contributed by atoms with Crippen molar-refractivity contribution in [2.75, 3.05) is 19.8 Å². The summed E-state index contributed by atoms with van der Waals surface area (Å²) in [6.07, 6.45) is 0.166. The summed E-state index contributed by atoms with van der Waals surface area (Å²) in [5, 5.41) is 17.5. The lowest BCUT2D eigenvalue weighted by Gasteiger charge is -2.27. The van der Waals surface area contributed by atoms with Gasteiger partial charge in [0.1, 0.15) is 0 Å². The molecule has 92 valence electrons. The molecule has 1 saturated heterocycles. The van der Waals surface area contributed by atoms with Crippen LogP contribution in [0.4, 0.5) is 0 Å². The highest BCUT2D eigenvalue weighted by Crippen LogP contribution is 2.19. The van der Waals surface area contributed by atoms with Crippen molar-refractivity contribution in [3.05, 3.63) is 0 Å². The van der Waals surface area contributed by atoms with Crippen LogP contribution in [0.25, 0.3) is 0 Å². The average molecular weight is 232 g/mol. The van der Waals surface area contributed by atoms with E-state index < -0.39 is 24.0 Å². The van der Waals surface area contributed by atoms with Crippen molar-refractivity contribution in [2.24, 2.45) is 5.92 Å². The predicted octanol–water partition coefficient (Wildman–Crippen LogP) is 0.358. The zero-order valence-electron chi connectivity index (χ0n) is 8.92. The molecule has 1 heterocycles. The van der Waals surface area contributed by atoms with Gasteiger partial charge >= 0.3 is 11.9 Å². The van der Waals surface area contributed by atoms with E-state index in [1.807, 2.05) is 0 Å². The highest BCUT2D eigenvalue weighted by atomic mass is 16.6. The molecular weight excluding hydrogens is 216 g/mol. The Hall–Kier alpha value is -1.14. The molecule has 1 aliphatic rings. The second kappa shape index (κ2) is 6.44. The van der Waals surface area contributed by atoms with Gasteiger partial charge in [-0.25, -0.2) is 0 Å². The number of rotatable bonds is 6. The van der Waals surface area contributed by atoms with E-state index in [4.69, 9.17) is 19.7 Å². The normalized spacial score (nSPS) is 22.6. The average Bonchev–Trinajstić information content (AvgIpc) is 2.25. The number of carboxylic acid groups (broad SMARTS) is 2.